The van der Waals surface area contributed by atoms with Crippen molar-refractivity contribution in [3.05, 3.63) is 48.0 Å². The summed E-state index contributed by atoms with van der Waals surface area (Å²) in [5.41, 5.74) is 11.4. The molecule has 22 heavy (non-hydrogen) atoms. The number of anilines is 1. The fraction of sp³-hybridized carbons (Fsp3) is 0.118. The molecule has 5 heteroatoms. The van der Waals surface area contributed by atoms with Gasteiger partial charge < -0.3 is 10.3 Å². The number of nitrogens with zero attached hydrogens (tertiary/aromatic N) is 2. The van der Waals surface area contributed by atoms with E-state index >= 15 is 0 Å². The summed E-state index contributed by atoms with van der Waals surface area (Å²) in [6.45, 7) is 2.16. The third-order valence-corrected chi connectivity index (χ3v) is 4.10. The largest absolute Gasteiger partial charge is 0.399 e. The fourth-order valence-corrected chi connectivity index (χ4v) is 3.09. The Morgan fingerprint density at radius 2 is 1.73 bits per heavy atom. The monoisotopic (exact) mass is 333 g/mol. The normalized spacial score (nSPS) is 10.6. The average molecular weight is 334 g/mol. The Morgan fingerprint density at radius 3 is 2.50 bits per heavy atom. The van der Waals surface area contributed by atoms with Crippen LogP contribution in [0.15, 0.2) is 42.5 Å². The standard InChI is InChI=1S/C17H15N3.2ClH/c1-10-12-5-3-4-6-15(12)20(2)17-16(10)13-9-11(18)7-8-14(13)19-17;;/h3-9H,18H2,1-2H3;2*1H. The highest BCUT2D eigenvalue weighted by atomic mass is 35.5. The van der Waals surface area contributed by atoms with Gasteiger partial charge in [-0.05, 0) is 36.8 Å². The lowest BCUT2D eigenvalue weighted by Gasteiger charge is -2.15. The molecular weight excluding hydrogens is 317 g/mol. The van der Waals surface area contributed by atoms with E-state index in [4.69, 9.17) is 10.7 Å². The maximum absolute atomic E-state index is 5.94. The second-order valence-corrected chi connectivity index (χ2v) is 5.29. The van der Waals surface area contributed by atoms with Crippen molar-refractivity contribution >= 4 is 52.3 Å². The van der Waals surface area contributed by atoms with Gasteiger partial charge in [-0.1, -0.05) is 18.2 Å². The molecule has 2 heterocycles. The number of benzene rings is 2. The van der Waals surface area contributed by atoms with Gasteiger partial charge in [-0.3, -0.25) is 0 Å². The molecule has 3 nitrogen and oxygen atoms in total. The van der Waals surface area contributed by atoms with Gasteiger partial charge in [0, 0.05) is 34.6 Å². The molecule has 0 aromatic heterocycles. The topological polar surface area (TPSA) is 43.8 Å². The number of hydrogen-bond acceptors (Lipinski definition) is 2. The number of para-hydroxylation sites is 1. The van der Waals surface area contributed by atoms with Crippen LogP contribution in [0.1, 0.15) is 5.56 Å². The van der Waals surface area contributed by atoms with Crippen LogP contribution in [-0.2, 0) is 7.05 Å². The first-order chi connectivity index (χ1) is 9.66. The van der Waals surface area contributed by atoms with E-state index in [2.05, 4.69) is 42.8 Å². The van der Waals surface area contributed by atoms with Crippen molar-refractivity contribution in [3.8, 4) is 11.4 Å². The summed E-state index contributed by atoms with van der Waals surface area (Å²) < 4.78 is 2.16. The van der Waals surface area contributed by atoms with E-state index in [-0.39, 0.29) is 24.8 Å². The van der Waals surface area contributed by atoms with Gasteiger partial charge in [0.2, 0.25) is 0 Å². The van der Waals surface area contributed by atoms with Crippen LogP contribution in [0.4, 0.5) is 5.69 Å². The number of aryl methyl sites for hydroxylation is 2. The van der Waals surface area contributed by atoms with Gasteiger partial charge >= 0.3 is 0 Å². The molecule has 2 aromatic carbocycles. The second-order valence-electron chi connectivity index (χ2n) is 5.29. The molecule has 2 N–H and O–H groups in total. The zero-order valence-corrected chi connectivity index (χ0v) is 14.0. The van der Waals surface area contributed by atoms with Crippen molar-refractivity contribution in [2.45, 2.75) is 6.92 Å². The van der Waals surface area contributed by atoms with Gasteiger partial charge in [0.05, 0.1) is 5.52 Å². The van der Waals surface area contributed by atoms with Crippen molar-refractivity contribution < 1.29 is 0 Å². The number of hydrogen-bond donors (Lipinski definition) is 1. The predicted molar refractivity (Wildman–Crippen MR) is 98.5 cm³/mol. The molecule has 2 aromatic rings. The molecule has 0 radical (unpaired) electrons. The Labute approximate surface area is 141 Å². The Balaban J connectivity index is 0.000000882. The number of fused-ring (bicyclic) bond motifs is 4. The van der Waals surface area contributed by atoms with Crippen LogP contribution in [0.3, 0.4) is 0 Å². The van der Waals surface area contributed by atoms with E-state index in [0.29, 0.717) is 0 Å². The smallest absolute Gasteiger partial charge is 0.141 e. The highest BCUT2D eigenvalue weighted by Gasteiger charge is 2.19. The van der Waals surface area contributed by atoms with E-state index in [1.807, 2.05) is 18.2 Å². The van der Waals surface area contributed by atoms with Gasteiger partial charge in [0.1, 0.15) is 5.82 Å². The molecule has 2 aliphatic rings. The first-order valence-corrected chi connectivity index (χ1v) is 6.70. The molecule has 0 spiro atoms. The Kier molecular flexibility index (Phi) is 4.23. The lowest BCUT2D eigenvalue weighted by atomic mass is 10.00. The number of aromatic nitrogens is 2. The molecule has 0 atom stereocenters. The van der Waals surface area contributed by atoms with E-state index in [9.17, 15) is 0 Å². The number of nitrogen functional groups attached to an aromatic ring is 1. The average Bonchev–Trinajstić information content (AvgIpc) is 2.84. The van der Waals surface area contributed by atoms with Crippen LogP contribution < -0.4 is 5.73 Å². The molecule has 2 aliphatic heterocycles. The fourth-order valence-electron chi connectivity index (χ4n) is 3.09. The van der Waals surface area contributed by atoms with Crippen molar-refractivity contribution in [1.82, 2.24) is 9.55 Å². The first-order valence-electron chi connectivity index (χ1n) is 6.70. The van der Waals surface area contributed by atoms with Crippen LogP contribution in [0.2, 0.25) is 0 Å². The van der Waals surface area contributed by atoms with Gasteiger partial charge in [-0.2, -0.15) is 0 Å². The summed E-state index contributed by atoms with van der Waals surface area (Å²) in [5, 5.41) is 2.40. The van der Waals surface area contributed by atoms with Crippen LogP contribution >= 0.6 is 24.8 Å². The van der Waals surface area contributed by atoms with E-state index in [0.717, 1.165) is 22.4 Å². The quantitative estimate of drug-likeness (QED) is 0.479. The van der Waals surface area contributed by atoms with Crippen molar-refractivity contribution in [2.24, 2.45) is 7.05 Å². The summed E-state index contributed by atoms with van der Waals surface area (Å²) in [7, 11) is 2.07. The third-order valence-electron chi connectivity index (χ3n) is 4.10. The Hall–Kier alpha value is -1.97. The molecule has 4 rings (SSSR count). The van der Waals surface area contributed by atoms with Crippen LogP contribution in [-0.4, -0.2) is 9.55 Å². The van der Waals surface area contributed by atoms with Crippen LogP contribution in [0.25, 0.3) is 33.2 Å². The number of nitrogens with two attached hydrogens (primary N) is 1. The molecule has 0 unspecified atom stereocenters. The highest BCUT2D eigenvalue weighted by Crippen LogP contribution is 2.38. The minimum absolute atomic E-state index is 0. The van der Waals surface area contributed by atoms with E-state index < -0.39 is 0 Å². The maximum Gasteiger partial charge on any atom is 0.141 e. The molecule has 0 bridgehead atoms. The van der Waals surface area contributed by atoms with E-state index in [1.165, 1.54) is 22.0 Å². The van der Waals surface area contributed by atoms with Crippen molar-refractivity contribution in [2.75, 3.05) is 5.73 Å². The lowest BCUT2D eigenvalue weighted by Crippen LogP contribution is -2.01. The Bertz CT molecular complexity index is 944. The van der Waals surface area contributed by atoms with E-state index in [1.54, 1.807) is 0 Å². The first kappa shape index (κ1) is 16.4. The predicted octanol–water partition coefficient (Wildman–Crippen LogP) is 4.57. The van der Waals surface area contributed by atoms with Gasteiger partial charge in [-0.15, -0.1) is 24.8 Å². The summed E-state index contributed by atoms with van der Waals surface area (Å²) in [6, 6.07) is 14.4. The van der Waals surface area contributed by atoms with Crippen LogP contribution in [0, 0.1) is 6.92 Å². The minimum Gasteiger partial charge on any atom is -0.399 e. The molecule has 0 fully saturated rings. The Morgan fingerprint density at radius 1 is 1.00 bits per heavy atom. The SMILES string of the molecule is Cc1c2c3cc(N)ccc3nc-2n(C)c2ccccc12.Cl.Cl. The molecule has 0 aliphatic carbocycles. The number of pyridine rings is 1. The summed E-state index contributed by atoms with van der Waals surface area (Å²) in [5.74, 6) is 1.02. The maximum atomic E-state index is 5.94. The van der Waals surface area contributed by atoms with Gasteiger partial charge in [-0.25, -0.2) is 4.98 Å². The number of rotatable bonds is 0. The van der Waals surface area contributed by atoms with Gasteiger partial charge in [0.25, 0.3) is 0 Å². The van der Waals surface area contributed by atoms with Crippen molar-refractivity contribution in [1.29, 1.82) is 0 Å². The summed E-state index contributed by atoms with van der Waals surface area (Å²) in [4.78, 5) is 4.77. The molecule has 0 amide bonds. The molecule has 114 valence electrons. The zero-order valence-electron chi connectivity index (χ0n) is 12.3. The van der Waals surface area contributed by atoms with Gasteiger partial charge in [0.15, 0.2) is 0 Å². The minimum atomic E-state index is 0. The molecule has 0 saturated carbocycles. The third kappa shape index (κ3) is 2.09. The lowest BCUT2D eigenvalue weighted by molar-refractivity contribution is 0.936. The molecule has 0 saturated heterocycles. The summed E-state index contributed by atoms with van der Waals surface area (Å²) in [6.07, 6.45) is 0. The van der Waals surface area contributed by atoms with Crippen molar-refractivity contribution in [3.63, 3.8) is 0 Å². The highest BCUT2D eigenvalue weighted by molar-refractivity contribution is 6.04. The number of halogens is 2. The van der Waals surface area contributed by atoms with Crippen LogP contribution in [0.5, 0.6) is 0 Å². The summed E-state index contributed by atoms with van der Waals surface area (Å²) >= 11 is 0. The second kappa shape index (κ2) is 5.67. The molecular formula is C17H17Cl2N3. The zero-order chi connectivity index (χ0) is 13.9.